The van der Waals surface area contributed by atoms with Crippen molar-refractivity contribution in [1.82, 2.24) is 4.57 Å². The van der Waals surface area contributed by atoms with Gasteiger partial charge in [-0.05, 0) is 97.1 Å². The zero-order valence-corrected chi connectivity index (χ0v) is 24.6. The topological polar surface area (TPSA) is 71.7 Å². The molecule has 0 unspecified atom stereocenters. The molecule has 0 aliphatic rings. The normalized spacial score (nSPS) is 11.8. The highest BCUT2D eigenvalue weighted by Gasteiger charge is 2.19. The summed E-state index contributed by atoms with van der Waals surface area (Å²) in [5, 5.41) is 14.8. The van der Waals surface area contributed by atoms with Crippen LogP contribution in [0, 0.1) is 10.5 Å². The number of thioether (sulfide) groups is 1. The highest BCUT2D eigenvalue weighted by atomic mass is 127. The van der Waals surface area contributed by atoms with E-state index in [1.54, 1.807) is 17.8 Å². The molecule has 5 nitrogen and oxygen atoms in total. The number of nitrogens with zero attached hydrogens (tertiary/aromatic N) is 2. The number of Topliss-reactive ketones (excluding diaryl/α,β-unsaturated/α-hetero) is 1. The average molecular weight is 647 g/mol. The Morgan fingerprint density at radius 3 is 2.18 bits per heavy atom. The first-order valence-corrected chi connectivity index (χ1v) is 14.8. The Hall–Kier alpha value is -3.43. The third kappa shape index (κ3) is 5.51. The van der Waals surface area contributed by atoms with Crippen LogP contribution in [0.2, 0.25) is 0 Å². The van der Waals surface area contributed by atoms with Crippen LogP contribution in [0.1, 0.15) is 45.2 Å². The number of carbonyl (C=O) groups is 2. The molecule has 5 rings (SSSR count). The van der Waals surface area contributed by atoms with Gasteiger partial charge in [0.05, 0.1) is 0 Å². The number of oxime groups is 1. The second kappa shape index (κ2) is 11.8. The Kier molecular flexibility index (Phi) is 8.18. The van der Waals surface area contributed by atoms with Crippen LogP contribution in [-0.2, 0) is 6.54 Å². The fourth-order valence-corrected chi connectivity index (χ4v) is 6.30. The molecule has 0 fully saturated rings. The highest BCUT2D eigenvalue weighted by Crippen LogP contribution is 2.32. The van der Waals surface area contributed by atoms with E-state index in [0.717, 1.165) is 36.8 Å². The van der Waals surface area contributed by atoms with Gasteiger partial charge in [0.25, 0.3) is 0 Å². The molecule has 1 N–H and O–H groups in total. The van der Waals surface area contributed by atoms with Crippen molar-refractivity contribution >= 4 is 73.4 Å². The standard InChI is InChI=1S/C32H27IN2O3S/c1-3-35-29-14-10-21(31(36)24-6-4-5-7-27(24)33)18-25(29)26-19-22(11-15-30(26)35)32(37)28(34-38)16-17-39-23-12-8-20(2)9-13-23/h4-15,18-19,38H,3,16-17H2,1-2H3/b34-28+. The van der Waals surface area contributed by atoms with Gasteiger partial charge in [-0.2, -0.15) is 0 Å². The fraction of sp³-hybridized carbons (Fsp3) is 0.156. The van der Waals surface area contributed by atoms with Crippen LogP contribution >= 0.6 is 34.4 Å². The van der Waals surface area contributed by atoms with Gasteiger partial charge in [-0.3, -0.25) is 9.59 Å². The molecule has 0 aliphatic carbocycles. The summed E-state index contributed by atoms with van der Waals surface area (Å²) in [5.41, 5.74) is 5.03. The zero-order valence-electron chi connectivity index (χ0n) is 21.6. The van der Waals surface area contributed by atoms with Crippen molar-refractivity contribution < 1.29 is 14.8 Å². The van der Waals surface area contributed by atoms with Crippen molar-refractivity contribution in [3.63, 3.8) is 0 Å². The Morgan fingerprint density at radius 2 is 1.54 bits per heavy atom. The van der Waals surface area contributed by atoms with Crippen molar-refractivity contribution in [3.05, 3.63) is 111 Å². The molecule has 1 heterocycles. The van der Waals surface area contributed by atoms with Crippen LogP contribution in [0.3, 0.4) is 0 Å². The predicted molar refractivity (Wildman–Crippen MR) is 168 cm³/mol. The first-order chi connectivity index (χ1) is 18.9. The van der Waals surface area contributed by atoms with Gasteiger partial charge in [-0.15, -0.1) is 11.8 Å². The quantitative estimate of drug-likeness (QED) is 0.0438. The summed E-state index contributed by atoms with van der Waals surface area (Å²) in [6.45, 7) is 4.86. The monoisotopic (exact) mass is 646 g/mol. The fourth-order valence-electron chi connectivity index (χ4n) is 4.80. The number of fused-ring (bicyclic) bond motifs is 3. The summed E-state index contributed by atoms with van der Waals surface area (Å²) in [7, 11) is 0. The van der Waals surface area contributed by atoms with Crippen LogP contribution in [0.25, 0.3) is 21.8 Å². The maximum atomic E-state index is 13.4. The molecule has 0 amide bonds. The van der Waals surface area contributed by atoms with Crippen molar-refractivity contribution in [1.29, 1.82) is 0 Å². The minimum atomic E-state index is -0.299. The summed E-state index contributed by atoms with van der Waals surface area (Å²) in [5.74, 6) is 0.287. The second-order valence-electron chi connectivity index (χ2n) is 9.30. The number of ketones is 2. The number of aryl methyl sites for hydroxylation is 2. The SMILES string of the molecule is CCn1c2ccc(C(=O)/C(CCSc3ccc(C)cc3)=N/O)cc2c2cc(C(=O)c3ccccc3I)ccc21. The van der Waals surface area contributed by atoms with Crippen molar-refractivity contribution in [2.75, 3.05) is 5.75 Å². The number of halogens is 1. The van der Waals surface area contributed by atoms with Crippen molar-refractivity contribution in [2.24, 2.45) is 5.16 Å². The predicted octanol–water partition coefficient (Wildman–Crippen LogP) is 8.15. The molecule has 5 aromatic rings. The summed E-state index contributed by atoms with van der Waals surface area (Å²) < 4.78 is 3.08. The Labute approximate surface area is 245 Å². The summed E-state index contributed by atoms with van der Waals surface area (Å²) in [6, 6.07) is 27.1. The van der Waals surface area contributed by atoms with E-state index in [0.29, 0.717) is 28.9 Å². The van der Waals surface area contributed by atoms with Crippen molar-refractivity contribution in [2.45, 2.75) is 31.7 Å². The molecule has 7 heteroatoms. The maximum absolute atomic E-state index is 13.4. The van der Waals surface area contributed by atoms with E-state index in [2.05, 4.69) is 51.4 Å². The minimum Gasteiger partial charge on any atom is -0.411 e. The number of hydrogen-bond donors (Lipinski definition) is 1. The molecule has 0 saturated carbocycles. The van der Waals surface area contributed by atoms with Gasteiger partial charge in [-0.1, -0.05) is 35.0 Å². The van der Waals surface area contributed by atoms with Gasteiger partial charge in [0.15, 0.2) is 5.78 Å². The molecule has 39 heavy (non-hydrogen) atoms. The van der Waals surface area contributed by atoms with Crippen LogP contribution in [0.5, 0.6) is 0 Å². The number of rotatable bonds is 9. The first-order valence-electron chi connectivity index (χ1n) is 12.7. The lowest BCUT2D eigenvalue weighted by molar-refractivity contribution is 0.103. The summed E-state index contributed by atoms with van der Waals surface area (Å²) in [4.78, 5) is 27.8. The zero-order chi connectivity index (χ0) is 27.5. The van der Waals surface area contributed by atoms with Crippen LogP contribution in [-0.4, -0.2) is 32.8 Å². The van der Waals surface area contributed by atoms with Gasteiger partial charge in [0.2, 0.25) is 5.78 Å². The van der Waals surface area contributed by atoms with Gasteiger partial charge < -0.3 is 9.77 Å². The molecule has 0 aliphatic heterocycles. The Balaban J connectivity index is 1.46. The van der Waals surface area contributed by atoms with E-state index >= 15 is 0 Å². The average Bonchev–Trinajstić information content (AvgIpc) is 3.28. The number of hydrogen-bond acceptors (Lipinski definition) is 5. The van der Waals surface area contributed by atoms with Gasteiger partial charge >= 0.3 is 0 Å². The molecule has 0 saturated heterocycles. The molecule has 0 radical (unpaired) electrons. The van der Waals surface area contributed by atoms with Crippen LogP contribution in [0.15, 0.2) is 95.0 Å². The van der Waals surface area contributed by atoms with E-state index in [-0.39, 0.29) is 17.3 Å². The molecular formula is C32H27IN2O3S. The van der Waals surface area contributed by atoms with Gasteiger partial charge in [-0.25, -0.2) is 0 Å². The summed E-state index contributed by atoms with van der Waals surface area (Å²) in [6.07, 6.45) is 0.344. The lowest BCUT2D eigenvalue weighted by atomic mass is 9.99. The largest absolute Gasteiger partial charge is 0.411 e. The van der Waals surface area contributed by atoms with Crippen LogP contribution < -0.4 is 0 Å². The Bertz CT molecular complexity index is 1740. The molecule has 0 atom stereocenters. The summed E-state index contributed by atoms with van der Waals surface area (Å²) >= 11 is 3.80. The number of carbonyl (C=O) groups excluding carboxylic acids is 2. The lowest BCUT2D eigenvalue weighted by Gasteiger charge is -2.06. The molecule has 196 valence electrons. The number of benzene rings is 4. The maximum Gasteiger partial charge on any atom is 0.210 e. The van der Waals surface area contributed by atoms with Gasteiger partial charge in [0.1, 0.15) is 5.71 Å². The second-order valence-corrected chi connectivity index (χ2v) is 11.6. The minimum absolute atomic E-state index is 0.0349. The van der Waals surface area contributed by atoms with E-state index in [9.17, 15) is 14.8 Å². The smallest absolute Gasteiger partial charge is 0.210 e. The van der Waals surface area contributed by atoms with E-state index in [1.165, 1.54) is 5.56 Å². The van der Waals surface area contributed by atoms with E-state index in [1.807, 2.05) is 73.7 Å². The molecule has 1 aromatic heterocycles. The first kappa shape index (κ1) is 27.1. The molecular weight excluding hydrogens is 619 g/mol. The van der Waals surface area contributed by atoms with E-state index in [4.69, 9.17) is 0 Å². The Morgan fingerprint density at radius 1 is 0.897 bits per heavy atom. The number of aromatic nitrogens is 1. The molecule has 4 aromatic carbocycles. The van der Waals surface area contributed by atoms with E-state index < -0.39 is 0 Å². The molecule has 0 spiro atoms. The third-order valence-electron chi connectivity index (χ3n) is 6.84. The lowest BCUT2D eigenvalue weighted by Crippen LogP contribution is -2.15. The van der Waals surface area contributed by atoms with Crippen LogP contribution in [0.4, 0.5) is 0 Å². The third-order valence-corrected chi connectivity index (χ3v) is 8.79. The van der Waals surface area contributed by atoms with Crippen molar-refractivity contribution in [3.8, 4) is 0 Å². The highest BCUT2D eigenvalue weighted by molar-refractivity contribution is 14.1. The van der Waals surface area contributed by atoms with Gasteiger partial charge in [0, 0.05) is 65.7 Å². The molecule has 0 bridgehead atoms.